The molecule has 5 heteroatoms. The van der Waals surface area contributed by atoms with Crippen LogP contribution in [0.1, 0.15) is 19.7 Å². The third-order valence-electron chi connectivity index (χ3n) is 1.38. The molecule has 0 saturated heterocycles. The van der Waals surface area contributed by atoms with Crippen molar-refractivity contribution in [3.63, 3.8) is 0 Å². The van der Waals surface area contributed by atoms with Gasteiger partial charge >= 0.3 is 0 Å². The summed E-state index contributed by atoms with van der Waals surface area (Å²) in [5.41, 5.74) is 0. The van der Waals surface area contributed by atoms with Gasteiger partial charge in [-0.05, 0) is 5.92 Å². The lowest BCUT2D eigenvalue weighted by Crippen LogP contribution is -2.06. The largest absolute Gasteiger partial charge is 0.316 e. The van der Waals surface area contributed by atoms with Crippen LogP contribution in [-0.2, 0) is 12.4 Å². The highest BCUT2D eigenvalue weighted by atomic mass is 35.5. The zero-order valence-corrected chi connectivity index (χ0v) is 8.77. The van der Waals surface area contributed by atoms with Gasteiger partial charge in [0.05, 0.1) is 5.88 Å². The zero-order chi connectivity index (χ0) is 8.27. The average molecular weight is 210 g/mol. The van der Waals surface area contributed by atoms with Gasteiger partial charge in [0.1, 0.15) is 12.2 Å². The highest BCUT2D eigenvalue weighted by Gasteiger charge is 2.03. The van der Waals surface area contributed by atoms with Crippen molar-refractivity contribution in [1.82, 2.24) is 14.8 Å². The molecule has 1 heterocycles. The molecule has 1 aromatic rings. The fraction of sp³-hybridized carbons (Fsp3) is 0.714. The smallest absolute Gasteiger partial charge is 0.147 e. The molecular weight excluding hydrogens is 197 g/mol. The first-order valence-electron chi connectivity index (χ1n) is 3.66. The van der Waals surface area contributed by atoms with Crippen molar-refractivity contribution in [2.45, 2.75) is 26.3 Å². The summed E-state index contributed by atoms with van der Waals surface area (Å²) in [6.07, 6.45) is 1.72. The lowest BCUT2D eigenvalue weighted by molar-refractivity contribution is 0.512. The minimum atomic E-state index is 0. The van der Waals surface area contributed by atoms with Crippen molar-refractivity contribution in [2.24, 2.45) is 5.92 Å². The molecule has 0 spiro atoms. The van der Waals surface area contributed by atoms with Crippen molar-refractivity contribution in [2.75, 3.05) is 0 Å². The monoisotopic (exact) mass is 209 g/mol. The van der Waals surface area contributed by atoms with Gasteiger partial charge in [-0.3, -0.25) is 0 Å². The fourth-order valence-corrected chi connectivity index (χ4v) is 1.14. The molecule has 0 atom stereocenters. The van der Waals surface area contributed by atoms with Crippen LogP contribution < -0.4 is 0 Å². The van der Waals surface area contributed by atoms with Gasteiger partial charge in [0, 0.05) is 6.54 Å². The Kier molecular flexibility index (Phi) is 5.25. The predicted molar refractivity (Wildman–Crippen MR) is 51.7 cm³/mol. The van der Waals surface area contributed by atoms with Gasteiger partial charge in [-0.15, -0.1) is 34.2 Å². The Morgan fingerprint density at radius 3 is 2.75 bits per heavy atom. The molecule has 70 valence electrons. The maximum Gasteiger partial charge on any atom is 0.147 e. The summed E-state index contributed by atoms with van der Waals surface area (Å²) >= 11 is 5.63. The Hall–Kier alpha value is -0.280. The first-order chi connectivity index (χ1) is 5.24. The predicted octanol–water partition coefficient (Wildman–Crippen LogP) is 2.09. The molecule has 0 unspecified atom stereocenters. The summed E-state index contributed by atoms with van der Waals surface area (Å²) in [6.45, 7) is 5.24. The number of hydrogen-bond acceptors (Lipinski definition) is 2. The van der Waals surface area contributed by atoms with Crippen LogP contribution >= 0.6 is 24.0 Å². The number of rotatable bonds is 3. The van der Waals surface area contributed by atoms with E-state index in [0.717, 1.165) is 12.4 Å². The molecule has 0 saturated carbocycles. The molecule has 0 bridgehead atoms. The topological polar surface area (TPSA) is 30.7 Å². The van der Waals surface area contributed by atoms with Gasteiger partial charge in [0.15, 0.2) is 0 Å². The van der Waals surface area contributed by atoms with E-state index in [4.69, 9.17) is 11.6 Å². The summed E-state index contributed by atoms with van der Waals surface area (Å²) in [5, 5.41) is 7.64. The van der Waals surface area contributed by atoms with E-state index in [1.165, 1.54) is 0 Å². The third-order valence-corrected chi connectivity index (χ3v) is 1.62. The van der Waals surface area contributed by atoms with Crippen LogP contribution in [0.4, 0.5) is 0 Å². The Bertz CT molecular complexity index is 222. The molecular formula is C7H13Cl2N3. The van der Waals surface area contributed by atoms with E-state index in [9.17, 15) is 0 Å². The molecule has 0 aliphatic rings. The summed E-state index contributed by atoms with van der Waals surface area (Å²) in [6, 6.07) is 0. The fourth-order valence-electron chi connectivity index (χ4n) is 0.928. The van der Waals surface area contributed by atoms with E-state index in [2.05, 4.69) is 24.0 Å². The molecule has 0 aromatic carbocycles. The maximum absolute atomic E-state index is 5.63. The quantitative estimate of drug-likeness (QED) is 0.715. The molecule has 0 aliphatic carbocycles. The van der Waals surface area contributed by atoms with Gasteiger partial charge in [-0.2, -0.15) is 0 Å². The average Bonchev–Trinajstić information content (AvgIpc) is 2.34. The highest BCUT2D eigenvalue weighted by molar-refractivity contribution is 6.16. The number of halogens is 2. The van der Waals surface area contributed by atoms with E-state index in [-0.39, 0.29) is 12.4 Å². The van der Waals surface area contributed by atoms with Crippen LogP contribution in [0.5, 0.6) is 0 Å². The third kappa shape index (κ3) is 2.99. The summed E-state index contributed by atoms with van der Waals surface area (Å²) in [4.78, 5) is 0. The van der Waals surface area contributed by atoms with E-state index in [1.807, 2.05) is 4.57 Å². The summed E-state index contributed by atoms with van der Waals surface area (Å²) in [7, 11) is 0. The van der Waals surface area contributed by atoms with Crippen molar-refractivity contribution < 1.29 is 0 Å². The van der Waals surface area contributed by atoms with Crippen LogP contribution in [0, 0.1) is 5.92 Å². The van der Waals surface area contributed by atoms with Crippen LogP contribution in [0.25, 0.3) is 0 Å². The lowest BCUT2D eigenvalue weighted by atomic mass is 10.2. The van der Waals surface area contributed by atoms with E-state index in [1.54, 1.807) is 6.33 Å². The Morgan fingerprint density at radius 1 is 1.58 bits per heavy atom. The number of aromatic nitrogens is 3. The van der Waals surface area contributed by atoms with Crippen LogP contribution in [-0.4, -0.2) is 14.8 Å². The SMILES string of the molecule is CC(C)Cn1cnnc1CCl.Cl. The second-order valence-electron chi connectivity index (χ2n) is 2.93. The molecule has 1 rings (SSSR count). The lowest BCUT2D eigenvalue weighted by Gasteiger charge is -2.06. The zero-order valence-electron chi connectivity index (χ0n) is 7.20. The molecule has 3 nitrogen and oxygen atoms in total. The molecule has 0 aliphatic heterocycles. The highest BCUT2D eigenvalue weighted by Crippen LogP contribution is 2.03. The molecule has 0 N–H and O–H groups in total. The van der Waals surface area contributed by atoms with Gasteiger partial charge in [0.25, 0.3) is 0 Å². The first kappa shape index (κ1) is 11.7. The molecule has 0 fully saturated rings. The first-order valence-corrected chi connectivity index (χ1v) is 4.20. The molecule has 0 amide bonds. The standard InChI is InChI=1S/C7H12ClN3.ClH/c1-6(2)4-11-5-9-10-7(11)3-8;/h5-6H,3-4H2,1-2H3;1H. The summed E-state index contributed by atoms with van der Waals surface area (Å²) < 4.78 is 1.98. The van der Waals surface area contributed by atoms with Crippen LogP contribution in [0.3, 0.4) is 0 Å². The second-order valence-corrected chi connectivity index (χ2v) is 3.19. The minimum absolute atomic E-state index is 0. The normalized spacial score (nSPS) is 10.0. The van der Waals surface area contributed by atoms with Crippen LogP contribution in [0.15, 0.2) is 6.33 Å². The molecule has 0 radical (unpaired) electrons. The van der Waals surface area contributed by atoms with Gasteiger partial charge in [0.2, 0.25) is 0 Å². The van der Waals surface area contributed by atoms with Gasteiger partial charge < -0.3 is 4.57 Å². The number of alkyl halides is 1. The molecule has 1 aromatic heterocycles. The van der Waals surface area contributed by atoms with E-state index >= 15 is 0 Å². The van der Waals surface area contributed by atoms with Crippen molar-refractivity contribution in [1.29, 1.82) is 0 Å². The minimum Gasteiger partial charge on any atom is -0.316 e. The second kappa shape index (κ2) is 5.38. The molecule has 12 heavy (non-hydrogen) atoms. The van der Waals surface area contributed by atoms with Crippen molar-refractivity contribution in [3.8, 4) is 0 Å². The van der Waals surface area contributed by atoms with E-state index < -0.39 is 0 Å². The number of hydrogen-bond donors (Lipinski definition) is 0. The van der Waals surface area contributed by atoms with Gasteiger partial charge in [-0.25, -0.2) is 0 Å². The van der Waals surface area contributed by atoms with Crippen molar-refractivity contribution >= 4 is 24.0 Å². The maximum atomic E-state index is 5.63. The van der Waals surface area contributed by atoms with E-state index in [0.29, 0.717) is 11.8 Å². The Morgan fingerprint density at radius 2 is 2.25 bits per heavy atom. The summed E-state index contributed by atoms with van der Waals surface area (Å²) in [5.74, 6) is 1.89. The van der Waals surface area contributed by atoms with Crippen molar-refractivity contribution in [3.05, 3.63) is 12.2 Å². The van der Waals surface area contributed by atoms with Gasteiger partial charge in [-0.1, -0.05) is 13.8 Å². The van der Waals surface area contributed by atoms with Crippen LogP contribution in [0.2, 0.25) is 0 Å². The Labute approximate surface area is 83.5 Å². The number of nitrogens with zero attached hydrogens (tertiary/aromatic N) is 3. The Balaban J connectivity index is 0.00000121.